The van der Waals surface area contributed by atoms with Crippen molar-refractivity contribution in [2.24, 2.45) is 11.1 Å². The molecule has 4 rings (SSSR count). The minimum Gasteiger partial charge on any atom is -0.367 e. The number of nitrogens with one attached hydrogen (secondary N) is 1. The lowest BCUT2D eigenvalue weighted by Crippen LogP contribution is -2.20. The second-order valence-corrected chi connectivity index (χ2v) is 9.20. The number of anilines is 1. The molecule has 0 bridgehead atoms. The smallest absolute Gasteiger partial charge is 0.208 e. The molecule has 3 aromatic rings. The number of nitrogens with zero attached hydrogens (tertiary/aromatic N) is 2. The van der Waals surface area contributed by atoms with E-state index in [1.165, 1.54) is 17.7 Å². The van der Waals surface area contributed by atoms with Gasteiger partial charge in [-0.05, 0) is 66.3 Å². The van der Waals surface area contributed by atoms with Gasteiger partial charge in [0, 0.05) is 17.8 Å². The SMILES string of the molecule is C#Cc1cccc(Cc2csc(C(=O)c3cncnc3NC3CCC(COSN)C3)c2)c1. The first-order chi connectivity index (χ1) is 15.7. The Labute approximate surface area is 196 Å². The van der Waals surface area contributed by atoms with E-state index in [0.29, 0.717) is 28.8 Å². The van der Waals surface area contributed by atoms with Gasteiger partial charge < -0.3 is 9.50 Å². The molecule has 0 spiro atoms. The van der Waals surface area contributed by atoms with E-state index < -0.39 is 0 Å². The maximum Gasteiger partial charge on any atom is 0.208 e. The number of aromatic nitrogens is 2. The Balaban J connectivity index is 1.45. The molecule has 2 aromatic heterocycles. The summed E-state index contributed by atoms with van der Waals surface area (Å²) >= 11 is 2.35. The van der Waals surface area contributed by atoms with Gasteiger partial charge in [0.25, 0.3) is 0 Å². The number of rotatable bonds is 9. The van der Waals surface area contributed by atoms with Gasteiger partial charge in [-0.3, -0.25) is 9.93 Å². The zero-order valence-electron chi connectivity index (χ0n) is 17.5. The van der Waals surface area contributed by atoms with E-state index in [1.54, 1.807) is 6.20 Å². The lowest BCUT2D eigenvalue weighted by atomic mass is 10.0. The highest BCUT2D eigenvalue weighted by Crippen LogP contribution is 2.30. The van der Waals surface area contributed by atoms with Crippen molar-refractivity contribution >= 4 is 35.2 Å². The molecule has 8 heteroatoms. The second-order valence-electron chi connectivity index (χ2n) is 7.86. The van der Waals surface area contributed by atoms with Gasteiger partial charge in [0.05, 0.1) is 29.3 Å². The lowest BCUT2D eigenvalue weighted by Gasteiger charge is -2.15. The van der Waals surface area contributed by atoms with Crippen molar-refractivity contribution in [2.75, 3.05) is 11.9 Å². The molecule has 1 fully saturated rings. The largest absolute Gasteiger partial charge is 0.367 e. The van der Waals surface area contributed by atoms with Crippen molar-refractivity contribution in [1.82, 2.24) is 9.97 Å². The third-order valence-electron chi connectivity index (χ3n) is 5.59. The van der Waals surface area contributed by atoms with Crippen LogP contribution in [0.25, 0.3) is 0 Å². The van der Waals surface area contributed by atoms with E-state index in [-0.39, 0.29) is 11.8 Å². The van der Waals surface area contributed by atoms with Crippen LogP contribution in [0.2, 0.25) is 0 Å². The monoisotopic (exact) mass is 464 g/mol. The standard InChI is InChI=1S/C24H24N4O2S2/c1-2-16-4-3-5-17(8-16)9-19-11-22(31-14-19)23(29)21-12-26-15-27-24(21)28-20-7-6-18(10-20)13-30-32-25/h1,3-5,8,11-12,14-15,18,20H,6-7,9-10,13,25H2,(H,26,27,28). The Morgan fingerprint density at radius 3 is 3.09 bits per heavy atom. The Morgan fingerprint density at radius 2 is 2.25 bits per heavy atom. The fourth-order valence-electron chi connectivity index (χ4n) is 4.02. The van der Waals surface area contributed by atoms with Crippen LogP contribution < -0.4 is 10.5 Å². The van der Waals surface area contributed by atoms with Crippen LogP contribution in [0.5, 0.6) is 0 Å². The summed E-state index contributed by atoms with van der Waals surface area (Å²) in [5.41, 5.74) is 3.55. The summed E-state index contributed by atoms with van der Waals surface area (Å²) in [6.07, 6.45) is 12.3. The Kier molecular flexibility index (Phi) is 7.55. The number of carbonyl (C=O) groups excluding carboxylic acids is 1. The Morgan fingerprint density at radius 1 is 1.34 bits per heavy atom. The van der Waals surface area contributed by atoms with Gasteiger partial charge in [0.15, 0.2) is 0 Å². The number of carbonyl (C=O) groups is 1. The summed E-state index contributed by atoms with van der Waals surface area (Å²) in [5.74, 6) is 3.63. The van der Waals surface area contributed by atoms with E-state index >= 15 is 0 Å². The third-order valence-corrected chi connectivity index (χ3v) is 6.84. The quantitative estimate of drug-likeness (QED) is 0.209. The van der Waals surface area contributed by atoms with E-state index in [0.717, 1.165) is 54.6 Å². The molecule has 2 atom stereocenters. The van der Waals surface area contributed by atoms with Crippen LogP contribution >= 0.6 is 23.6 Å². The molecule has 0 aliphatic heterocycles. The van der Waals surface area contributed by atoms with Gasteiger partial charge in [-0.15, -0.1) is 17.8 Å². The molecule has 1 saturated carbocycles. The van der Waals surface area contributed by atoms with Crippen LogP contribution in [-0.4, -0.2) is 28.4 Å². The normalized spacial score (nSPS) is 17.8. The van der Waals surface area contributed by atoms with Crippen LogP contribution in [-0.2, 0) is 10.6 Å². The summed E-state index contributed by atoms with van der Waals surface area (Å²) in [5, 5.41) is 10.8. The van der Waals surface area contributed by atoms with E-state index in [2.05, 4.69) is 21.2 Å². The minimum absolute atomic E-state index is 0.0702. The molecule has 6 nitrogen and oxygen atoms in total. The predicted octanol–water partition coefficient (Wildman–Crippen LogP) is 4.46. The third kappa shape index (κ3) is 5.56. The maximum absolute atomic E-state index is 13.2. The van der Waals surface area contributed by atoms with Crippen LogP contribution in [0.3, 0.4) is 0 Å². The Bertz CT molecular complexity index is 1120. The van der Waals surface area contributed by atoms with Crippen molar-refractivity contribution in [3.8, 4) is 12.3 Å². The summed E-state index contributed by atoms with van der Waals surface area (Å²) in [6, 6.07) is 10.1. The summed E-state index contributed by atoms with van der Waals surface area (Å²) < 4.78 is 5.27. The molecular weight excluding hydrogens is 440 g/mol. The van der Waals surface area contributed by atoms with Crippen molar-refractivity contribution in [1.29, 1.82) is 0 Å². The van der Waals surface area contributed by atoms with Crippen molar-refractivity contribution < 1.29 is 8.98 Å². The molecule has 1 aromatic carbocycles. The summed E-state index contributed by atoms with van der Waals surface area (Å²) in [6.45, 7) is 0.636. The molecule has 3 N–H and O–H groups in total. The first kappa shape index (κ1) is 22.5. The molecule has 0 amide bonds. The maximum atomic E-state index is 13.2. The van der Waals surface area contributed by atoms with Gasteiger partial charge >= 0.3 is 0 Å². The molecule has 1 aliphatic rings. The van der Waals surface area contributed by atoms with Crippen molar-refractivity contribution in [2.45, 2.75) is 31.7 Å². The van der Waals surface area contributed by atoms with Gasteiger partial charge in [-0.25, -0.2) is 9.97 Å². The van der Waals surface area contributed by atoms with Gasteiger partial charge in [0.2, 0.25) is 5.78 Å². The highest BCUT2D eigenvalue weighted by molar-refractivity contribution is 7.92. The fourth-order valence-corrected chi connectivity index (χ4v) is 5.16. The molecule has 0 saturated heterocycles. The first-order valence-electron chi connectivity index (χ1n) is 10.4. The van der Waals surface area contributed by atoms with Gasteiger partial charge in [-0.1, -0.05) is 18.1 Å². The number of hydrogen-bond donors (Lipinski definition) is 2. The van der Waals surface area contributed by atoms with Gasteiger partial charge in [0.1, 0.15) is 12.1 Å². The van der Waals surface area contributed by atoms with Crippen molar-refractivity contribution in [3.05, 3.63) is 75.4 Å². The number of ketones is 1. The number of benzene rings is 1. The average Bonchev–Trinajstić information content (AvgIpc) is 3.47. The molecule has 2 heterocycles. The predicted molar refractivity (Wildman–Crippen MR) is 129 cm³/mol. The molecular formula is C24H24N4O2S2. The topological polar surface area (TPSA) is 90.1 Å². The highest BCUT2D eigenvalue weighted by Gasteiger charge is 2.27. The zero-order chi connectivity index (χ0) is 22.3. The summed E-state index contributed by atoms with van der Waals surface area (Å²) in [4.78, 5) is 22.4. The van der Waals surface area contributed by atoms with Gasteiger partial charge in [-0.2, -0.15) is 0 Å². The minimum atomic E-state index is -0.0702. The fraction of sp³-hybridized carbons (Fsp3) is 0.292. The summed E-state index contributed by atoms with van der Waals surface area (Å²) in [7, 11) is 0. The van der Waals surface area contributed by atoms with E-state index in [1.807, 2.05) is 35.7 Å². The van der Waals surface area contributed by atoms with Crippen LogP contribution in [0.1, 0.15) is 51.2 Å². The van der Waals surface area contributed by atoms with Crippen molar-refractivity contribution in [3.63, 3.8) is 0 Å². The molecule has 164 valence electrons. The zero-order valence-corrected chi connectivity index (χ0v) is 19.1. The number of hydrogen-bond acceptors (Lipinski definition) is 8. The van der Waals surface area contributed by atoms with E-state index in [9.17, 15) is 4.79 Å². The number of thiophene rings is 1. The Hall–Kier alpha value is -2.70. The van der Waals surface area contributed by atoms with Crippen LogP contribution in [0, 0.1) is 18.3 Å². The molecule has 1 aliphatic carbocycles. The van der Waals surface area contributed by atoms with E-state index in [4.69, 9.17) is 15.7 Å². The van der Waals surface area contributed by atoms with Crippen LogP contribution in [0.4, 0.5) is 5.82 Å². The highest BCUT2D eigenvalue weighted by atomic mass is 32.2. The number of nitrogens with two attached hydrogens (primary N) is 1. The first-order valence-corrected chi connectivity index (χ1v) is 12.1. The van der Waals surface area contributed by atoms with Crippen LogP contribution in [0.15, 0.2) is 48.2 Å². The number of terminal acetylenes is 1. The lowest BCUT2D eigenvalue weighted by molar-refractivity contribution is 0.104. The molecule has 0 radical (unpaired) electrons. The molecule has 32 heavy (non-hydrogen) atoms. The molecule has 2 unspecified atom stereocenters. The average molecular weight is 465 g/mol. The second kappa shape index (κ2) is 10.7.